The summed E-state index contributed by atoms with van der Waals surface area (Å²) >= 11 is 0. The molecule has 0 spiro atoms. The predicted molar refractivity (Wildman–Crippen MR) is 80.7 cm³/mol. The second kappa shape index (κ2) is 7.41. The van der Waals surface area contributed by atoms with E-state index in [1.54, 1.807) is 7.11 Å². The molecule has 2 N–H and O–H groups in total. The fraction of sp³-hybridized carbons (Fsp3) is 0.562. The van der Waals surface area contributed by atoms with Gasteiger partial charge in [0.2, 0.25) is 5.91 Å². The van der Waals surface area contributed by atoms with Crippen molar-refractivity contribution in [3.8, 4) is 0 Å². The van der Waals surface area contributed by atoms with E-state index in [1.807, 2.05) is 30.3 Å². The molecule has 1 amide bonds. The summed E-state index contributed by atoms with van der Waals surface area (Å²) in [5, 5.41) is 6.31. The molecular formula is C16H24N2O2. The van der Waals surface area contributed by atoms with E-state index in [4.69, 9.17) is 4.74 Å². The van der Waals surface area contributed by atoms with Crippen LogP contribution in [-0.4, -0.2) is 32.7 Å². The Labute approximate surface area is 120 Å². The highest BCUT2D eigenvalue weighted by Crippen LogP contribution is 2.34. The maximum Gasteiger partial charge on any atom is 0.224 e. The predicted octanol–water partition coefficient (Wildman–Crippen LogP) is 2.42. The lowest BCUT2D eigenvalue weighted by molar-refractivity contribution is -0.117. The van der Waals surface area contributed by atoms with Gasteiger partial charge in [-0.25, -0.2) is 0 Å². The van der Waals surface area contributed by atoms with E-state index >= 15 is 0 Å². The molecule has 1 fully saturated rings. The number of ether oxygens (including phenoxy) is 1. The number of hydrogen-bond acceptors (Lipinski definition) is 3. The summed E-state index contributed by atoms with van der Waals surface area (Å²) < 4.78 is 5.38. The number of para-hydroxylation sites is 1. The van der Waals surface area contributed by atoms with Crippen LogP contribution in [0.2, 0.25) is 0 Å². The molecule has 0 aromatic heterocycles. The van der Waals surface area contributed by atoms with Crippen molar-refractivity contribution in [3.05, 3.63) is 30.3 Å². The Hall–Kier alpha value is -1.39. The Bertz CT molecular complexity index is 408. The first kappa shape index (κ1) is 15.0. The Morgan fingerprint density at radius 3 is 2.65 bits per heavy atom. The number of anilines is 1. The minimum atomic E-state index is 0.0882. The number of piperidine rings is 1. The van der Waals surface area contributed by atoms with Gasteiger partial charge in [0.05, 0.1) is 6.61 Å². The lowest BCUT2D eigenvalue weighted by atomic mass is 9.76. The summed E-state index contributed by atoms with van der Waals surface area (Å²) in [6, 6.07) is 9.61. The minimum absolute atomic E-state index is 0.0882. The maximum atomic E-state index is 12.0. The van der Waals surface area contributed by atoms with Crippen LogP contribution in [0.15, 0.2) is 30.3 Å². The van der Waals surface area contributed by atoms with E-state index in [-0.39, 0.29) is 11.3 Å². The number of hydrogen-bond donors (Lipinski definition) is 2. The van der Waals surface area contributed by atoms with Crippen LogP contribution >= 0.6 is 0 Å². The van der Waals surface area contributed by atoms with Crippen LogP contribution in [0.5, 0.6) is 0 Å². The van der Waals surface area contributed by atoms with Gasteiger partial charge in [-0.3, -0.25) is 4.79 Å². The lowest BCUT2D eigenvalue weighted by Gasteiger charge is -2.37. The van der Waals surface area contributed by atoms with Gasteiger partial charge in [-0.1, -0.05) is 18.2 Å². The van der Waals surface area contributed by atoms with E-state index in [0.29, 0.717) is 6.42 Å². The molecule has 0 unspecified atom stereocenters. The van der Waals surface area contributed by atoms with Gasteiger partial charge in [-0.2, -0.15) is 0 Å². The largest absolute Gasteiger partial charge is 0.384 e. The average Bonchev–Trinajstić information content (AvgIpc) is 2.48. The molecule has 1 aliphatic rings. The number of nitrogens with one attached hydrogen (secondary N) is 2. The van der Waals surface area contributed by atoms with Crippen LogP contribution < -0.4 is 10.6 Å². The van der Waals surface area contributed by atoms with Gasteiger partial charge in [-0.05, 0) is 49.9 Å². The second-order valence-electron chi connectivity index (χ2n) is 5.60. The van der Waals surface area contributed by atoms with Gasteiger partial charge in [0.25, 0.3) is 0 Å². The molecule has 20 heavy (non-hydrogen) atoms. The standard InChI is InChI=1S/C16H24N2O2/c1-20-13-16(9-11-17-12-10-16)8-7-15(19)18-14-5-3-2-4-6-14/h2-6,17H,7-13H2,1H3,(H,18,19). The van der Waals surface area contributed by atoms with Crippen molar-refractivity contribution < 1.29 is 9.53 Å². The van der Waals surface area contributed by atoms with Crippen LogP contribution in [0.25, 0.3) is 0 Å². The van der Waals surface area contributed by atoms with Gasteiger partial charge < -0.3 is 15.4 Å². The van der Waals surface area contributed by atoms with Gasteiger partial charge in [-0.15, -0.1) is 0 Å². The number of rotatable bonds is 6. The maximum absolute atomic E-state index is 12.0. The van der Waals surface area contributed by atoms with E-state index in [2.05, 4.69) is 10.6 Å². The quantitative estimate of drug-likeness (QED) is 0.839. The third kappa shape index (κ3) is 4.32. The number of methoxy groups -OCH3 is 1. The van der Waals surface area contributed by atoms with Crippen LogP contribution in [0.3, 0.4) is 0 Å². The lowest BCUT2D eigenvalue weighted by Crippen LogP contribution is -2.40. The van der Waals surface area contributed by atoms with Gasteiger partial charge in [0.1, 0.15) is 0 Å². The van der Waals surface area contributed by atoms with Crippen molar-refractivity contribution in [1.82, 2.24) is 5.32 Å². The zero-order chi connectivity index (χ0) is 14.3. The molecule has 1 saturated heterocycles. The second-order valence-corrected chi connectivity index (χ2v) is 5.60. The summed E-state index contributed by atoms with van der Waals surface area (Å²) in [6.45, 7) is 2.78. The molecule has 4 nitrogen and oxygen atoms in total. The summed E-state index contributed by atoms with van der Waals surface area (Å²) in [7, 11) is 1.74. The third-order valence-corrected chi connectivity index (χ3v) is 4.05. The van der Waals surface area contributed by atoms with E-state index in [1.165, 1.54) is 0 Å². The summed E-state index contributed by atoms with van der Waals surface area (Å²) in [6.07, 6.45) is 3.61. The van der Waals surface area contributed by atoms with E-state index in [0.717, 1.165) is 44.6 Å². The molecule has 4 heteroatoms. The first-order valence-corrected chi connectivity index (χ1v) is 7.29. The van der Waals surface area contributed by atoms with Crippen LogP contribution in [0, 0.1) is 5.41 Å². The number of carbonyl (C=O) groups excluding carboxylic acids is 1. The minimum Gasteiger partial charge on any atom is -0.384 e. The molecule has 0 radical (unpaired) electrons. The van der Waals surface area contributed by atoms with Crippen LogP contribution in [0.1, 0.15) is 25.7 Å². The van der Waals surface area contributed by atoms with Crippen molar-refractivity contribution in [3.63, 3.8) is 0 Å². The number of benzene rings is 1. The molecule has 1 heterocycles. The summed E-state index contributed by atoms with van der Waals surface area (Å²) in [5.74, 6) is 0.0882. The number of carbonyl (C=O) groups is 1. The third-order valence-electron chi connectivity index (χ3n) is 4.05. The van der Waals surface area contributed by atoms with Crippen LogP contribution in [-0.2, 0) is 9.53 Å². The van der Waals surface area contributed by atoms with Crippen LogP contribution in [0.4, 0.5) is 5.69 Å². The molecule has 0 aliphatic carbocycles. The zero-order valence-electron chi connectivity index (χ0n) is 12.2. The van der Waals surface area contributed by atoms with Crippen molar-refractivity contribution in [2.24, 2.45) is 5.41 Å². The summed E-state index contributed by atoms with van der Waals surface area (Å²) in [4.78, 5) is 12.0. The topological polar surface area (TPSA) is 50.4 Å². The van der Waals surface area contributed by atoms with Crippen molar-refractivity contribution in [1.29, 1.82) is 0 Å². The summed E-state index contributed by atoms with van der Waals surface area (Å²) in [5.41, 5.74) is 1.03. The van der Waals surface area contributed by atoms with Gasteiger partial charge >= 0.3 is 0 Å². The Kier molecular flexibility index (Phi) is 5.56. The molecule has 110 valence electrons. The Morgan fingerprint density at radius 1 is 1.30 bits per heavy atom. The van der Waals surface area contributed by atoms with E-state index in [9.17, 15) is 4.79 Å². The SMILES string of the molecule is COCC1(CCC(=O)Nc2ccccc2)CCNCC1. The van der Waals surface area contributed by atoms with E-state index < -0.39 is 0 Å². The fourth-order valence-corrected chi connectivity index (χ4v) is 2.85. The van der Waals surface area contributed by atoms with Crippen molar-refractivity contribution >= 4 is 11.6 Å². The molecule has 0 saturated carbocycles. The normalized spacial score (nSPS) is 17.6. The highest BCUT2D eigenvalue weighted by Gasteiger charge is 2.32. The highest BCUT2D eigenvalue weighted by molar-refractivity contribution is 5.90. The molecule has 1 aromatic rings. The van der Waals surface area contributed by atoms with Gasteiger partial charge in [0.15, 0.2) is 0 Å². The zero-order valence-corrected chi connectivity index (χ0v) is 12.2. The molecule has 1 aromatic carbocycles. The Balaban J connectivity index is 1.84. The first-order chi connectivity index (χ1) is 9.74. The number of amides is 1. The van der Waals surface area contributed by atoms with Crippen molar-refractivity contribution in [2.45, 2.75) is 25.7 Å². The van der Waals surface area contributed by atoms with Gasteiger partial charge in [0, 0.05) is 19.2 Å². The molecular weight excluding hydrogens is 252 g/mol. The fourth-order valence-electron chi connectivity index (χ4n) is 2.85. The highest BCUT2D eigenvalue weighted by atomic mass is 16.5. The monoisotopic (exact) mass is 276 g/mol. The molecule has 2 rings (SSSR count). The Morgan fingerprint density at radius 2 is 2.00 bits per heavy atom. The average molecular weight is 276 g/mol. The first-order valence-electron chi connectivity index (χ1n) is 7.29. The molecule has 0 bridgehead atoms. The van der Waals surface area contributed by atoms with Crippen molar-refractivity contribution in [2.75, 3.05) is 32.1 Å². The molecule has 0 atom stereocenters. The smallest absolute Gasteiger partial charge is 0.224 e. The molecule has 1 aliphatic heterocycles.